The molecule has 3 aromatic rings. The van der Waals surface area contributed by atoms with Crippen molar-refractivity contribution >= 4 is 23.3 Å². The minimum absolute atomic E-state index is 0.0670. The molecule has 0 saturated carbocycles. The Morgan fingerprint density at radius 2 is 1.74 bits per heavy atom. The largest absolute Gasteiger partial charge is 0.402 e. The lowest BCUT2D eigenvalue weighted by Crippen LogP contribution is -2.25. The van der Waals surface area contributed by atoms with E-state index in [0.717, 1.165) is 16.8 Å². The highest BCUT2D eigenvalue weighted by Gasteiger charge is 2.31. The van der Waals surface area contributed by atoms with Crippen LogP contribution in [0.5, 0.6) is 0 Å². The van der Waals surface area contributed by atoms with E-state index >= 15 is 0 Å². The first-order chi connectivity index (χ1) is 11.2. The van der Waals surface area contributed by atoms with E-state index in [1.807, 2.05) is 54.6 Å². The number of nitrogens with zero attached hydrogens (tertiary/aromatic N) is 4. The van der Waals surface area contributed by atoms with Gasteiger partial charge >= 0.3 is 6.01 Å². The lowest BCUT2D eigenvalue weighted by molar-refractivity contribution is -0.111. The molecule has 23 heavy (non-hydrogen) atoms. The Balaban J connectivity index is 1.74. The van der Waals surface area contributed by atoms with Crippen molar-refractivity contribution in [3.05, 3.63) is 60.2 Å². The van der Waals surface area contributed by atoms with Gasteiger partial charge in [-0.25, -0.2) is 0 Å². The Kier molecular flexibility index (Phi) is 3.01. The molecule has 0 bridgehead atoms. The van der Waals surface area contributed by atoms with Gasteiger partial charge in [0.25, 0.3) is 5.91 Å². The Hall–Kier alpha value is -3.28. The third kappa shape index (κ3) is 2.20. The van der Waals surface area contributed by atoms with Crippen molar-refractivity contribution in [3.63, 3.8) is 0 Å². The topological polar surface area (TPSA) is 71.6 Å². The van der Waals surface area contributed by atoms with Crippen LogP contribution in [0.1, 0.15) is 5.56 Å². The summed E-state index contributed by atoms with van der Waals surface area (Å²) in [4.78, 5) is 18.2. The van der Waals surface area contributed by atoms with Gasteiger partial charge in [0.1, 0.15) is 5.71 Å². The molecule has 1 aromatic heterocycles. The number of likely N-dealkylation sites (N-methyl/N-ethyl adjacent to an activating group) is 1. The number of fused-ring (bicyclic) bond motifs is 1. The number of para-hydroxylation sites is 1. The van der Waals surface area contributed by atoms with Gasteiger partial charge < -0.3 is 9.32 Å². The number of aromatic nitrogens is 2. The van der Waals surface area contributed by atoms with E-state index in [4.69, 9.17) is 4.42 Å². The quantitative estimate of drug-likeness (QED) is 0.730. The molecular weight excluding hydrogens is 292 g/mol. The molecule has 0 unspecified atom stereocenters. The highest BCUT2D eigenvalue weighted by molar-refractivity contribution is 6.54. The fourth-order valence-electron chi connectivity index (χ4n) is 2.51. The summed E-state index contributed by atoms with van der Waals surface area (Å²) in [5.74, 6) is 0.183. The van der Waals surface area contributed by atoms with Gasteiger partial charge in [0.05, 0.1) is 5.69 Å². The number of hydrogen-bond donors (Lipinski definition) is 0. The average molecular weight is 304 g/mol. The zero-order valence-electron chi connectivity index (χ0n) is 12.3. The third-order valence-corrected chi connectivity index (χ3v) is 3.67. The molecule has 0 fully saturated rings. The van der Waals surface area contributed by atoms with Gasteiger partial charge in [-0.2, -0.15) is 4.99 Å². The van der Waals surface area contributed by atoms with Gasteiger partial charge in [-0.3, -0.25) is 4.79 Å². The smallest absolute Gasteiger partial charge is 0.343 e. The van der Waals surface area contributed by atoms with Gasteiger partial charge in [0.15, 0.2) is 0 Å². The van der Waals surface area contributed by atoms with Crippen LogP contribution in [0.4, 0.5) is 11.7 Å². The first-order valence-electron chi connectivity index (χ1n) is 7.09. The molecular formula is C17H12N4O2. The van der Waals surface area contributed by atoms with E-state index in [0.29, 0.717) is 11.6 Å². The van der Waals surface area contributed by atoms with Crippen molar-refractivity contribution in [3.8, 4) is 11.5 Å². The van der Waals surface area contributed by atoms with E-state index in [1.165, 1.54) is 0 Å². The maximum Gasteiger partial charge on any atom is 0.343 e. The fourth-order valence-corrected chi connectivity index (χ4v) is 2.51. The molecule has 6 nitrogen and oxygen atoms in total. The predicted molar refractivity (Wildman–Crippen MR) is 85.8 cm³/mol. The maximum absolute atomic E-state index is 12.3. The van der Waals surface area contributed by atoms with Crippen LogP contribution in [0.2, 0.25) is 0 Å². The van der Waals surface area contributed by atoms with Crippen LogP contribution in [-0.2, 0) is 4.79 Å². The van der Waals surface area contributed by atoms with Gasteiger partial charge in [-0.15, -0.1) is 5.10 Å². The van der Waals surface area contributed by atoms with E-state index in [2.05, 4.69) is 15.2 Å². The number of rotatable bonds is 2. The third-order valence-electron chi connectivity index (χ3n) is 3.67. The lowest BCUT2D eigenvalue weighted by Gasteiger charge is -2.07. The molecule has 2 aromatic carbocycles. The van der Waals surface area contributed by atoms with Crippen molar-refractivity contribution in [1.82, 2.24) is 10.2 Å². The minimum Gasteiger partial charge on any atom is -0.402 e. The number of amides is 1. The summed E-state index contributed by atoms with van der Waals surface area (Å²) in [6.45, 7) is 0. The highest BCUT2D eigenvalue weighted by Crippen LogP contribution is 2.29. The molecule has 0 aliphatic carbocycles. The molecule has 2 heterocycles. The lowest BCUT2D eigenvalue weighted by atomic mass is 10.1. The van der Waals surface area contributed by atoms with Gasteiger partial charge in [-0.1, -0.05) is 41.5 Å². The monoisotopic (exact) mass is 304 g/mol. The number of anilines is 1. The average Bonchev–Trinajstić information content (AvgIpc) is 3.16. The number of carbonyl (C=O) groups excluding carboxylic acids is 1. The zero-order valence-corrected chi connectivity index (χ0v) is 12.3. The maximum atomic E-state index is 12.3. The Bertz CT molecular complexity index is 915. The zero-order chi connectivity index (χ0) is 15.8. The molecule has 0 saturated heterocycles. The van der Waals surface area contributed by atoms with Crippen LogP contribution >= 0.6 is 0 Å². The second-order valence-corrected chi connectivity index (χ2v) is 5.10. The van der Waals surface area contributed by atoms with Crippen LogP contribution in [0, 0.1) is 0 Å². The number of hydrogen-bond acceptors (Lipinski definition) is 5. The minimum atomic E-state index is -0.189. The van der Waals surface area contributed by atoms with Gasteiger partial charge in [0.2, 0.25) is 5.89 Å². The molecule has 0 spiro atoms. The Morgan fingerprint density at radius 1 is 1.00 bits per heavy atom. The van der Waals surface area contributed by atoms with Gasteiger partial charge in [0, 0.05) is 18.2 Å². The summed E-state index contributed by atoms with van der Waals surface area (Å²) >= 11 is 0. The van der Waals surface area contributed by atoms with Crippen molar-refractivity contribution in [1.29, 1.82) is 0 Å². The molecule has 6 heteroatoms. The Labute approximate surface area is 132 Å². The molecule has 1 aliphatic rings. The summed E-state index contributed by atoms with van der Waals surface area (Å²) < 4.78 is 5.55. The first kappa shape index (κ1) is 13.4. The van der Waals surface area contributed by atoms with Crippen LogP contribution in [0.25, 0.3) is 11.5 Å². The van der Waals surface area contributed by atoms with E-state index in [9.17, 15) is 4.79 Å². The van der Waals surface area contributed by atoms with Crippen LogP contribution in [-0.4, -0.2) is 28.9 Å². The highest BCUT2D eigenvalue weighted by atomic mass is 16.4. The van der Waals surface area contributed by atoms with Crippen molar-refractivity contribution in [2.75, 3.05) is 11.9 Å². The molecule has 112 valence electrons. The van der Waals surface area contributed by atoms with Crippen molar-refractivity contribution in [2.24, 2.45) is 4.99 Å². The van der Waals surface area contributed by atoms with Crippen LogP contribution in [0.3, 0.4) is 0 Å². The number of aliphatic imine (C=N–C) groups is 1. The van der Waals surface area contributed by atoms with Crippen molar-refractivity contribution in [2.45, 2.75) is 0 Å². The SMILES string of the molecule is CN1C(=O)/C(=N\c2nnc(-c3ccccc3)o2)c2ccccc21. The molecule has 1 amide bonds. The molecule has 4 rings (SSSR count). The van der Waals surface area contributed by atoms with Crippen LogP contribution < -0.4 is 4.90 Å². The summed E-state index contributed by atoms with van der Waals surface area (Å²) in [7, 11) is 1.72. The first-order valence-corrected chi connectivity index (χ1v) is 7.09. The predicted octanol–water partition coefficient (Wildman–Crippen LogP) is 2.83. The summed E-state index contributed by atoms with van der Waals surface area (Å²) in [5.41, 5.74) is 2.70. The second kappa shape index (κ2) is 5.17. The van der Waals surface area contributed by atoms with Crippen molar-refractivity contribution < 1.29 is 9.21 Å². The molecule has 0 atom stereocenters. The summed E-state index contributed by atoms with van der Waals surface area (Å²) in [6, 6.07) is 17.0. The van der Waals surface area contributed by atoms with E-state index in [-0.39, 0.29) is 11.9 Å². The Morgan fingerprint density at radius 3 is 2.57 bits per heavy atom. The number of benzene rings is 2. The molecule has 1 aliphatic heterocycles. The van der Waals surface area contributed by atoms with E-state index < -0.39 is 0 Å². The summed E-state index contributed by atoms with van der Waals surface area (Å²) in [6.07, 6.45) is 0. The standard InChI is InChI=1S/C17H12N4O2/c1-21-13-10-6-5-9-12(13)14(16(21)22)18-17-20-19-15(23-17)11-7-3-2-4-8-11/h2-10H,1H3/b18-14-. The molecule has 0 radical (unpaired) electrons. The second-order valence-electron chi connectivity index (χ2n) is 5.10. The van der Waals surface area contributed by atoms with Gasteiger partial charge in [-0.05, 0) is 18.2 Å². The normalized spacial score (nSPS) is 15.3. The molecule has 0 N–H and O–H groups in total. The number of carbonyl (C=O) groups is 1. The summed E-state index contributed by atoms with van der Waals surface area (Å²) in [5, 5.41) is 7.89. The van der Waals surface area contributed by atoms with E-state index in [1.54, 1.807) is 11.9 Å². The van der Waals surface area contributed by atoms with Crippen LogP contribution in [0.15, 0.2) is 64.0 Å². The fraction of sp³-hybridized carbons (Fsp3) is 0.0588.